The zero-order valence-corrected chi connectivity index (χ0v) is 24.4. The molecule has 1 aliphatic heterocycles. The zero-order valence-electron chi connectivity index (χ0n) is 24.4. The number of rotatable bonds is 13. The lowest BCUT2D eigenvalue weighted by Gasteiger charge is -2.27. The molecule has 1 atom stereocenters. The van der Waals surface area contributed by atoms with Crippen molar-refractivity contribution in [1.29, 1.82) is 0 Å². The van der Waals surface area contributed by atoms with E-state index in [1.807, 2.05) is 30.3 Å². The fourth-order valence-electron chi connectivity index (χ4n) is 4.68. The second kappa shape index (κ2) is 14.5. The lowest BCUT2D eigenvalue weighted by atomic mass is 10.1. The van der Waals surface area contributed by atoms with Crippen molar-refractivity contribution in [2.45, 2.75) is 25.7 Å². The Bertz CT molecular complexity index is 1610. The molecule has 0 spiro atoms. The molecule has 0 aliphatic carbocycles. The Labute approximate surface area is 253 Å². The Morgan fingerprint density at radius 2 is 1.98 bits per heavy atom. The fourth-order valence-corrected chi connectivity index (χ4v) is 4.68. The molecule has 5 rings (SSSR count). The van der Waals surface area contributed by atoms with E-state index in [1.54, 1.807) is 31.4 Å². The number of anilines is 1. The van der Waals surface area contributed by atoms with Gasteiger partial charge in [0, 0.05) is 38.4 Å². The summed E-state index contributed by atoms with van der Waals surface area (Å²) in [4.78, 5) is 39.4. The van der Waals surface area contributed by atoms with Gasteiger partial charge in [-0.15, -0.1) is 0 Å². The van der Waals surface area contributed by atoms with Gasteiger partial charge in [-0.25, -0.2) is 19.2 Å². The molecular weight excluding hydrogens is 571 g/mol. The highest BCUT2D eigenvalue weighted by atomic mass is 19.1. The molecule has 2 N–H and O–H groups in total. The standard InChI is InChI=1S/C31H33FN6O6/c1-41-22(15-33-14-21-8-10-26-30(35-21)36-27(39)19-43-26)17-38(31(40)44-18-20-6-4-3-5-7-20)13-12-23-24(32)16-34-25-9-11-28(42-2)37-29(23)25/h3-11,16,22,33H,12-15,17-19H2,1-2H3,(H,35,36,39)/t22-/m0/s1. The molecular formula is C31H33FN6O6. The SMILES string of the molecule is COc1ccc2ncc(F)c(CCN(C[C@H](CNCc3ccc4c(n3)NC(=O)CO4)OC)C(=O)OCc3ccccc3)c2n1. The molecule has 44 heavy (non-hydrogen) atoms. The molecule has 0 radical (unpaired) electrons. The molecule has 4 aromatic rings. The van der Waals surface area contributed by atoms with Gasteiger partial charge in [0.15, 0.2) is 18.2 Å². The van der Waals surface area contributed by atoms with E-state index in [2.05, 4.69) is 25.6 Å². The van der Waals surface area contributed by atoms with Gasteiger partial charge in [-0.1, -0.05) is 30.3 Å². The highest BCUT2D eigenvalue weighted by Crippen LogP contribution is 2.25. The van der Waals surface area contributed by atoms with E-state index in [0.29, 0.717) is 52.8 Å². The van der Waals surface area contributed by atoms with E-state index < -0.39 is 18.0 Å². The Hall–Kier alpha value is -4.88. The average molecular weight is 605 g/mol. The first-order valence-electron chi connectivity index (χ1n) is 14.0. The summed E-state index contributed by atoms with van der Waals surface area (Å²) in [7, 11) is 3.04. The Morgan fingerprint density at radius 1 is 1.14 bits per heavy atom. The van der Waals surface area contributed by atoms with Gasteiger partial charge in [-0.2, -0.15) is 0 Å². The topological polar surface area (TPSA) is 137 Å². The molecule has 1 aromatic carbocycles. The van der Waals surface area contributed by atoms with Crippen molar-refractivity contribution in [1.82, 2.24) is 25.2 Å². The van der Waals surface area contributed by atoms with Crippen molar-refractivity contribution in [3.63, 3.8) is 0 Å². The van der Waals surface area contributed by atoms with Crippen molar-refractivity contribution in [3.05, 3.63) is 83.4 Å². The second-order valence-corrected chi connectivity index (χ2v) is 10.0. The van der Waals surface area contributed by atoms with Crippen molar-refractivity contribution in [2.75, 3.05) is 45.8 Å². The molecule has 3 aromatic heterocycles. The molecule has 12 nitrogen and oxygen atoms in total. The maximum Gasteiger partial charge on any atom is 0.410 e. The summed E-state index contributed by atoms with van der Waals surface area (Å²) in [6, 6.07) is 16.3. The van der Waals surface area contributed by atoms with Crippen LogP contribution in [0.4, 0.5) is 15.0 Å². The third-order valence-electron chi connectivity index (χ3n) is 7.01. The van der Waals surface area contributed by atoms with E-state index in [-0.39, 0.29) is 38.6 Å². The average Bonchev–Trinajstić information content (AvgIpc) is 3.05. The smallest absolute Gasteiger partial charge is 0.410 e. The highest BCUT2D eigenvalue weighted by Gasteiger charge is 2.23. The molecule has 230 valence electrons. The lowest BCUT2D eigenvalue weighted by molar-refractivity contribution is -0.118. The van der Waals surface area contributed by atoms with Crippen LogP contribution in [-0.2, 0) is 33.8 Å². The minimum Gasteiger partial charge on any atom is -0.481 e. The molecule has 0 saturated carbocycles. The summed E-state index contributed by atoms with van der Waals surface area (Å²) in [5, 5.41) is 5.97. The number of pyridine rings is 3. The number of carbonyl (C=O) groups excluding carboxylic acids is 2. The number of aromatic nitrogens is 3. The van der Waals surface area contributed by atoms with E-state index in [0.717, 1.165) is 11.8 Å². The molecule has 0 fully saturated rings. The van der Waals surface area contributed by atoms with Crippen LogP contribution in [0.25, 0.3) is 11.0 Å². The molecule has 0 bridgehead atoms. The summed E-state index contributed by atoms with van der Waals surface area (Å²) in [6.07, 6.45) is 0.310. The van der Waals surface area contributed by atoms with Gasteiger partial charge >= 0.3 is 6.09 Å². The second-order valence-electron chi connectivity index (χ2n) is 10.0. The van der Waals surface area contributed by atoms with E-state index in [1.165, 1.54) is 12.0 Å². The molecule has 2 amide bonds. The predicted molar refractivity (Wildman–Crippen MR) is 159 cm³/mol. The zero-order chi connectivity index (χ0) is 30.9. The summed E-state index contributed by atoms with van der Waals surface area (Å²) >= 11 is 0. The van der Waals surface area contributed by atoms with Crippen LogP contribution in [0.5, 0.6) is 11.6 Å². The number of hydrogen-bond acceptors (Lipinski definition) is 10. The van der Waals surface area contributed by atoms with E-state index in [9.17, 15) is 9.59 Å². The Balaban J connectivity index is 1.27. The maximum absolute atomic E-state index is 15.0. The minimum absolute atomic E-state index is 0.0409. The van der Waals surface area contributed by atoms with Crippen LogP contribution in [-0.4, -0.2) is 78.4 Å². The highest BCUT2D eigenvalue weighted by molar-refractivity contribution is 5.94. The third kappa shape index (κ3) is 7.74. The molecule has 4 heterocycles. The maximum atomic E-state index is 15.0. The summed E-state index contributed by atoms with van der Waals surface area (Å²) < 4.78 is 36.9. The number of fused-ring (bicyclic) bond motifs is 2. The van der Waals surface area contributed by atoms with Crippen LogP contribution in [0.3, 0.4) is 0 Å². The van der Waals surface area contributed by atoms with Crippen molar-refractivity contribution >= 4 is 28.9 Å². The third-order valence-corrected chi connectivity index (χ3v) is 7.01. The van der Waals surface area contributed by atoms with Gasteiger partial charge in [0.25, 0.3) is 5.91 Å². The van der Waals surface area contributed by atoms with E-state index in [4.69, 9.17) is 18.9 Å². The van der Waals surface area contributed by atoms with Gasteiger partial charge in [0.05, 0.1) is 42.7 Å². The van der Waals surface area contributed by atoms with Crippen LogP contribution >= 0.6 is 0 Å². The van der Waals surface area contributed by atoms with Gasteiger partial charge < -0.3 is 34.5 Å². The quantitative estimate of drug-likeness (QED) is 0.233. The van der Waals surface area contributed by atoms with E-state index >= 15 is 4.39 Å². The summed E-state index contributed by atoms with van der Waals surface area (Å²) in [6.45, 7) is 1.09. The predicted octanol–water partition coefficient (Wildman–Crippen LogP) is 3.49. The minimum atomic E-state index is -0.563. The van der Waals surface area contributed by atoms with Gasteiger partial charge in [-0.3, -0.25) is 9.78 Å². The van der Waals surface area contributed by atoms with Crippen LogP contribution in [0.1, 0.15) is 16.8 Å². The first-order valence-corrected chi connectivity index (χ1v) is 14.0. The normalized spacial score (nSPS) is 13.0. The first kappa shape index (κ1) is 30.6. The number of benzene rings is 1. The van der Waals surface area contributed by atoms with Crippen LogP contribution in [0, 0.1) is 5.82 Å². The number of nitrogens with zero attached hydrogens (tertiary/aromatic N) is 4. The van der Waals surface area contributed by atoms with Crippen LogP contribution in [0.15, 0.2) is 60.8 Å². The van der Waals surface area contributed by atoms with Crippen molar-refractivity contribution in [2.24, 2.45) is 0 Å². The van der Waals surface area contributed by atoms with Gasteiger partial charge in [-0.05, 0) is 30.2 Å². The number of halogens is 1. The number of carbonyl (C=O) groups is 2. The van der Waals surface area contributed by atoms with Crippen molar-refractivity contribution in [3.8, 4) is 11.6 Å². The summed E-state index contributed by atoms with van der Waals surface area (Å²) in [5.41, 5.74) is 2.72. The Morgan fingerprint density at radius 3 is 2.77 bits per heavy atom. The number of ether oxygens (including phenoxy) is 4. The number of nitrogens with one attached hydrogen (secondary N) is 2. The number of amides is 2. The molecule has 1 aliphatic rings. The van der Waals surface area contributed by atoms with Crippen LogP contribution in [0.2, 0.25) is 0 Å². The number of hydrogen-bond donors (Lipinski definition) is 2. The molecule has 0 unspecified atom stereocenters. The van der Waals surface area contributed by atoms with Crippen LogP contribution < -0.4 is 20.1 Å². The lowest BCUT2D eigenvalue weighted by Crippen LogP contribution is -2.43. The largest absolute Gasteiger partial charge is 0.481 e. The molecule has 0 saturated heterocycles. The fraction of sp³-hybridized carbons (Fsp3) is 0.323. The van der Waals surface area contributed by atoms with Gasteiger partial charge in [0.1, 0.15) is 12.4 Å². The molecule has 13 heteroatoms. The summed E-state index contributed by atoms with van der Waals surface area (Å²) in [5.74, 6) is 0.432. The van der Waals surface area contributed by atoms with Gasteiger partial charge in [0.2, 0.25) is 5.88 Å². The van der Waals surface area contributed by atoms with Crippen molar-refractivity contribution < 1.29 is 32.9 Å². The number of methoxy groups -OCH3 is 2. The Kier molecular flexibility index (Phi) is 10.1. The monoisotopic (exact) mass is 604 g/mol. The first-order chi connectivity index (χ1) is 21.4.